The number of hydrogen-bond donors (Lipinski definition) is 0. The molecule has 3 heterocycles. The van der Waals surface area contributed by atoms with Crippen LogP contribution in [0.15, 0.2) is 24.3 Å². The number of nitrogens with zero attached hydrogens (tertiary/aromatic N) is 3. The largest absolute Gasteiger partial charge is 0.299 e. The van der Waals surface area contributed by atoms with Crippen LogP contribution < -0.4 is 4.57 Å². The van der Waals surface area contributed by atoms with Crippen molar-refractivity contribution in [1.29, 1.82) is 0 Å². The van der Waals surface area contributed by atoms with Gasteiger partial charge in [-0.15, -0.1) is 0 Å². The maximum atomic E-state index is 5.44. The van der Waals surface area contributed by atoms with E-state index in [4.69, 9.17) is 4.98 Å². The Kier molecular flexibility index (Phi) is 4.84. The molecule has 180 valence electrons. The normalized spacial score (nSPS) is 18.0. The number of hydrogen-bond acceptors (Lipinski definition) is 1. The minimum Gasteiger partial charge on any atom is -0.216 e. The highest BCUT2D eigenvalue weighted by Crippen LogP contribution is 2.47. The van der Waals surface area contributed by atoms with Crippen molar-refractivity contribution < 1.29 is 4.57 Å². The van der Waals surface area contributed by atoms with E-state index in [1.807, 2.05) is 0 Å². The van der Waals surface area contributed by atoms with Crippen LogP contribution in [0.5, 0.6) is 0 Å². The molecule has 1 aliphatic heterocycles. The van der Waals surface area contributed by atoms with Crippen LogP contribution in [0, 0.1) is 13.8 Å². The molecule has 0 N–H and O–H groups in total. The molecule has 2 aromatic carbocycles. The van der Waals surface area contributed by atoms with Gasteiger partial charge in [0.15, 0.2) is 11.0 Å². The first-order chi connectivity index (χ1) is 15.8. The van der Waals surface area contributed by atoms with E-state index in [2.05, 4.69) is 109 Å². The smallest absolute Gasteiger partial charge is 0.216 e. The number of aromatic nitrogens is 3. The molecule has 0 amide bonds. The molecule has 1 atom stereocenters. The van der Waals surface area contributed by atoms with Gasteiger partial charge in [0.25, 0.3) is 5.65 Å². The Morgan fingerprint density at radius 3 is 2.09 bits per heavy atom. The molecule has 0 aliphatic carbocycles. The Morgan fingerprint density at radius 2 is 1.53 bits per heavy atom. The minimum absolute atomic E-state index is 0.0294. The summed E-state index contributed by atoms with van der Waals surface area (Å²) in [6.45, 7) is 25.6. The van der Waals surface area contributed by atoms with E-state index in [1.54, 1.807) is 0 Å². The summed E-state index contributed by atoms with van der Waals surface area (Å²) >= 11 is 0. The summed E-state index contributed by atoms with van der Waals surface area (Å²) < 4.78 is 5.23. The standard InChI is InChI=1S/C31H42N3/c1-12-31(13-2)20(5)22-16-21(29(6,7)8)17-23-26(22)27-33(28(32-23)30(9,10)11)24-14-18(3)19(4)15-25(24)34(27)31/h14-17,20H,12-13H2,1-11H3/q+1. The zero-order valence-corrected chi connectivity index (χ0v) is 23.1. The van der Waals surface area contributed by atoms with Crippen LogP contribution in [0.3, 0.4) is 0 Å². The quantitative estimate of drug-likeness (QED) is 0.282. The molecular formula is C31H42N3+. The van der Waals surface area contributed by atoms with Crippen molar-refractivity contribution in [3.8, 4) is 0 Å². The van der Waals surface area contributed by atoms with Gasteiger partial charge in [0.2, 0.25) is 5.82 Å². The van der Waals surface area contributed by atoms with Crippen LogP contribution in [0.25, 0.3) is 27.6 Å². The number of imidazole rings is 1. The van der Waals surface area contributed by atoms with Gasteiger partial charge in [-0.2, -0.15) is 4.40 Å². The van der Waals surface area contributed by atoms with Gasteiger partial charge < -0.3 is 0 Å². The monoisotopic (exact) mass is 456 g/mol. The molecular weight excluding hydrogens is 414 g/mol. The molecule has 34 heavy (non-hydrogen) atoms. The second-order valence-electron chi connectivity index (χ2n) is 12.8. The highest BCUT2D eigenvalue weighted by Gasteiger charge is 2.49. The van der Waals surface area contributed by atoms with Gasteiger partial charge in [0, 0.05) is 11.3 Å². The summed E-state index contributed by atoms with van der Waals surface area (Å²) in [7, 11) is 0. The molecule has 0 saturated heterocycles. The van der Waals surface area contributed by atoms with Gasteiger partial charge in [-0.1, -0.05) is 68.4 Å². The fourth-order valence-electron chi connectivity index (χ4n) is 6.44. The van der Waals surface area contributed by atoms with Gasteiger partial charge in [0.1, 0.15) is 5.54 Å². The van der Waals surface area contributed by atoms with E-state index in [9.17, 15) is 0 Å². The first-order valence-corrected chi connectivity index (χ1v) is 13.1. The molecule has 1 unspecified atom stereocenters. The van der Waals surface area contributed by atoms with Crippen LogP contribution in [0.4, 0.5) is 0 Å². The van der Waals surface area contributed by atoms with Crippen molar-refractivity contribution in [2.45, 2.75) is 111 Å². The molecule has 4 aromatic rings. The molecule has 5 rings (SSSR count). The average Bonchev–Trinajstić information content (AvgIpc) is 3.07. The minimum atomic E-state index is -0.0845. The molecule has 0 saturated carbocycles. The maximum Gasteiger partial charge on any atom is 0.299 e. The zero-order chi connectivity index (χ0) is 25.0. The Morgan fingerprint density at radius 1 is 0.912 bits per heavy atom. The van der Waals surface area contributed by atoms with E-state index in [1.165, 1.54) is 44.3 Å². The van der Waals surface area contributed by atoms with Gasteiger partial charge in [0.05, 0.1) is 10.9 Å². The van der Waals surface area contributed by atoms with Crippen molar-refractivity contribution in [3.05, 3.63) is 52.3 Å². The third-order valence-corrected chi connectivity index (χ3v) is 8.79. The zero-order valence-electron chi connectivity index (χ0n) is 23.1. The van der Waals surface area contributed by atoms with Gasteiger partial charge >= 0.3 is 0 Å². The predicted octanol–water partition coefficient (Wildman–Crippen LogP) is 7.77. The number of aryl methyl sites for hydroxylation is 2. The number of fused-ring (bicyclic) bond motifs is 3. The first-order valence-electron chi connectivity index (χ1n) is 13.1. The van der Waals surface area contributed by atoms with Crippen LogP contribution in [0.2, 0.25) is 0 Å². The Balaban J connectivity index is 2.17. The van der Waals surface area contributed by atoms with E-state index >= 15 is 0 Å². The first kappa shape index (κ1) is 23.3. The summed E-state index contributed by atoms with van der Waals surface area (Å²) in [5, 5.41) is 1.34. The molecule has 2 aromatic heterocycles. The highest BCUT2D eigenvalue weighted by molar-refractivity contribution is 5.98. The lowest BCUT2D eigenvalue weighted by atomic mass is 9.72. The second kappa shape index (κ2) is 7.06. The maximum absolute atomic E-state index is 5.44. The average molecular weight is 457 g/mol. The van der Waals surface area contributed by atoms with Crippen molar-refractivity contribution >= 4 is 27.6 Å². The third-order valence-electron chi connectivity index (χ3n) is 8.79. The number of benzene rings is 2. The lowest BCUT2D eigenvalue weighted by Crippen LogP contribution is -2.60. The molecule has 0 bridgehead atoms. The van der Waals surface area contributed by atoms with E-state index in [0.29, 0.717) is 5.92 Å². The van der Waals surface area contributed by atoms with E-state index in [-0.39, 0.29) is 16.4 Å². The Labute approximate surface area is 205 Å². The molecule has 3 heteroatoms. The SMILES string of the molecule is CCC1(CC)C(C)c2cc(C(C)(C)C)cc3nc(C(C)(C)C)n4c5cc(C)c(C)cc5[n+]1c4c23. The van der Waals surface area contributed by atoms with Crippen molar-refractivity contribution in [2.75, 3.05) is 0 Å². The number of rotatable bonds is 2. The predicted molar refractivity (Wildman–Crippen MR) is 144 cm³/mol. The highest BCUT2D eigenvalue weighted by atomic mass is 15.2. The van der Waals surface area contributed by atoms with Gasteiger partial charge in [-0.25, -0.2) is 9.55 Å². The van der Waals surface area contributed by atoms with Crippen LogP contribution >= 0.6 is 0 Å². The third kappa shape index (κ3) is 2.88. The van der Waals surface area contributed by atoms with Crippen molar-refractivity contribution in [2.24, 2.45) is 0 Å². The lowest BCUT2D eigenvalue weighted by Gasteiger charge is -2.39. The Hall–Kier alpha value is -2.42. The van der Waals surface area contributed by atoms with Gasteiger partial charge in [-0.3, -0.25) is 0 Å². The topological polar surface area (TPSA) is 21.2 Å². The molecule has 3 nitrogen and oxygen atoms in total. The van der Waals surface area contributed by atoms with Crippen molar-refractivity contribution in [1.82, 2.24) is 9.38 Å². The van der Waals surface area contributed by atoms with Crippen LogP contribution in [-0.2, 0) is 16.4 Å². The summed E-state index contributed by atoms with van der Waals surface area (Å²) in [4.78, 5) is 5.44. The fraction of sp³-hybridized carbons (Fsp3) is 0.548. The lowest BCUT2D eigenvalue weighted by molar-refractivity contribution is -0.725. The summed E-state index contributed by atoms with van der Waals surface area (Å²) in [5.74, 6) is 1.55. The fourth-order valence-corrected chi connectivity index (χ4v) is 6.44. The molecule has 0 spiro atoms. The van der Waals surface area contributed by atoms with Crippen LogP contribution in [0.1, 0.15) is 109 Å². The molecule has 0 radical (unpaired) electrons. The van der Waals surface area contributed by atoms with E-state index < -0.39 is 0 Å². The summed E-state index contributed by atoms with van der Waals surface area (Å²) in [6.07, 6.45) is 2.20. The van der Waals surface area contributed by atoms with Gasteiger partial charge in [-0.05, 0) is 72.6 Å². The molecule has 0 fully saturated rings. The summed E-state index contributed by atoms with van der Waals surface area (Å²) in [6, 6.07) is 9.69. The Bertz CT molecular complexity index is 1470. The van der Waals surface area contributed by atoms with Crippen LogP contribution in [-0.4, -0.2) is 9.38 Å². The summed E-state index contributed by atoms with van der Waals surface area (Å²) in [5.41, 5.74) is 10.7. The second-order valence-corrected chi connectivity index (χ2v) is 12.8. The molecule has 1 aliphatic rings. The van der Waals surface area contributed by atoms with E-state index in [0.717, 1.165) is 24.2 Å². The van der Waals surface area contributed by atoms with Crippen molar-refractivity contribution in [3.63, 3.8) is 0 Å².